The van der Waals surface area contributed by atoms with Gasteiger partial charge in [0.2, 0.25) is 5.91 Å². The van der Waals surface area contributed by atoms with Crippen molar-refractivity contribution in [1.29, 1.82) is 0 Å². The van der Waals surface area contributed by atoms with Gasteiger partial charge in [-0.15, -0.1) is 0 Å². The van der Waals surface area contributed by atoms with Gasteiger partial charge in [-0.05, 0) is 37.0 Å². The molecule has 24 heavy (non-hydrogen) atoms. The van der Waals surface area contributed by atoms with Crippen LogP contribution in [0.1, 0.15) is 26.2 Å². The third kappa shape index (κ3) is 4.64. The van der Waals surface area contributed by atoms with E-state index in [9.17, 15) is 4.79 Å². The van der Waals surface area contributed by atoms with E-state index in [0.29, 0.717) is 12.3 Å². The zero-order valence-corrected chi connectivity index (χ0v) is 15.3. The third-order valence-corrected chi connectivity index (χ3v) is 5.56. The summed E-state index contributed by atoms with van der Waals surface area (Å²) in [5, 5.41) is 0.788. The molecule has 2 heterocycles. The molecule has 132 valence electrons. The largest absolute Gasteiger partial charge is 0.369 e. The summed E-state index contributed by atoms with van der Waals surface area (Å²) in [6.07, 6.45) is 2.97. The van der Waals surface area contributed by atoms with Crippen LogP contribution in [0.15, 0.2) is 24.3 Å². The van der Waals surface area contributed by atoms with Crippen molar-refractivity contribution in [3.05, 3.63) is 29.3 Å². The molecular weight excluding hydrogens is 322 g/mol. The van der Waals surface area contributed by atoms with E-state index in [1.807, 2.05) is 18.2 Å². The molecule has 0 N–H and O–H groups in total. The van der Waals surface area contributed by atoms with Crippen molar-refractivity contribution >= 4 is 23.2 Å². The highest BCUT2D eigenvalue weighted by molar-refractivity contribution is 6.30. The number of halogens is 1. The summed E-state index contributed by atoms with van der Waals surface area (Å²) in [4.78, 5) is 19.2. The van der Waals surface area contributed by atoms with Gasteiger partial charge in [0.25, 0.3) is 0 Å². The zero-order valence-electron chi connectivity index (χ0n) is 14.6. The van der Waals surface area contributed by atoms with Crippen LogP contribution in [0.3, 0.4) is 0 Å². The number of nitrogens with zero attached hydrogens (tertiary/aromatic N) is 3. The fraction of sp³-hybridized carbons (Fsp3) is 0.632. The van der Waals surface area contributed by atoms with Crippen LogP contribution in [0.2, 0.25) is 5.02 Å². The van der Waals surface area contributed by atoms with Gasteiger partial charge in [0.15, 0.2) is 0 Å². The topological polar surface area (TPSA) is 26.8 Å². The number of rotatable bonds is 4. The Morgan fingerprint density at radius 1 is 1.12 bits per heavy atom. The lowest BCUT2D eigenvalue weighted by molar-refractivity contribution is -0.132. The first-order valence-electron chi connectivity index (χ1n) is 9.12. The van der Waals surface area contributed by atoms with Crippen molar-refractivity contribution in [1.82, 2.24) is 9.80 Å². The highest BCUT2D eigenvalue weighted by Crippen LogP contribution is 2.21. The van der Waals surface area contributed by atoms with Gasteiger partial charge in [-0.1, -0.05) is 24.6 Å². The molecule has 0 radical (unpaired) electrons. The molecule has 0 saturated carbocycles. The minimum Gasteiger partial charge on any atom is -0.369 e. The van der Waals surface area contributed by atoms with E-state index >= 15 is 0 Å². The lowest BCUT2D eigenvalue weighted by atomic mass is 9.99. The Morgan fingerprint density at radius 3 is 2.50 bits per heavy atom. The van der Waals surface area contributed by atoms with Crippen molar-refractivity contribution in [2.45, 2.75) is 26.2 Å². The Hall–Kier alpha value is -1.26. The smallest absolute Gasteiger partial charge is 0.223 e. The van der Waals surface area contributed by atoms with Crippen molar-refractivity contribution < 1.29 is 4.79 Å². The van der Waals surface area contributed by atoms with Gasteiger partial charge >= 0.3 is 0 Å². The molecule has 0 bridgehead atoms. The van der Waals surface area contributed by atoms with Crippen molar-refractivity contribution in [2.24, 2.45) is 5.92 Å². The monoisotopic (exact) mass is 349 g/mol. The molecule has 2 saturated heterocycles. The summed E-state index contributed by atoms with van der Waals surface area (Å²) in [6, 6.07) is 8.05. The van der Waals surface area contributed by atoms with Crippen molar-refractivity contribution in [3.63, 3.8) is 0 Å². The maximum atomic E-state index is 12.3. The van der Waals surface area contributed by atoms with E-state index in [1.165, 1.54) is 5.69 Å². The Labute approximate surface area is 150 Å². The average molecular weight is 350 g/mol. The second-order valence-corrected chi connectivity index (χ2v) is 7.56. The zero-order chi connectivity index (χ0) is 16.9. The highest BCUT2D eigenvalue weighted by Gasteiger charge is 2.22. The summed E-state index contributed by atoms with van der Waals surface area (Å²) < 4.78 is 0. The Kier molecular flexibility index (Phi) is 6.01. The van der Waals surface area contributed by atoms with Crippen LogP contribution in [-0.2, 0) is 4.79 Å². The summed E-state index contributed by atoms with van der Waals surface area (Å²) in [6.45, 7) is 9.07. The number of carbonyl (C=O) groups is 1. The number of piperidine rings is 1. The number of hydrogen-bond acceptors (Lipinski definition) is 3. The Bertz CT molecular complexity index is 549. The number of likely N-dealkylation sites (tertiary alicyclic amines) is 1. The minimum absolute atomic E-state index is 0.333. The number of benzene rings is 1. The predicted octanol–water partition coefficient (Wildman–Crippen LogP) is 3.11. The molecule has 1 aromatic rings. The summed E-state index contributed by atoms with van der Waals surface area (Å²) >= 11 is 6.08. The summed E-state index contributed by atoms with van der Waals surface area (Å²) in [5.41, 5.74) is 1.20. The summed E-state index contributed by atoms with van der Waals surface area (Å²) in [7, 11) is 0. The molecule has 1 aromatic carbocycles. The molecule has 0 aromatic heterocycles. The van der Waals surface area contributed by atoms with Crippen molar-refractivity contribution in [3.8, 4) is 0 Å². The lowest BCUT2D eigenvalue weighted by Crippen LogP contribution is -2.47. The van der Waals surface area contributed by atoms with Crippen LogP contribution in [0.5, 0.6) is 0 Å². The van der Waals surface area contributed by atoms with Gasteiger partial charge in [-0.2, -0.15) is 0 Å². The normalized spacial score (nSPS) is 20.4. The Balaban J connectivity index is 1.40. The molecule has 0 unspecified atom stereocenters. The van der Waals surface area contributed by atoms with E-state index in [1.54, 1.807) is 0 Å². The molecule has 5 heteroatoms. The van der Waals surface area contributed by atoms with Crippen LogP contribution in [0.4, 0.5) is 5.69 Å². The van der Waals surface area contributed by atoms with Gasteiger partial charge < -0.3 is 9.80 Å². The molecular formula is C19H28ClN3O. The summed E-state index contributed by atoms with van der Waals surface area (Å²) in [5.74, 6) is 1.10. The fourth-order valence-electron chi connectivity index (χ4n) is 3.57. The maximum Gasteiger partial charge on any atom is 0.223 e. The number of carbonyl (C=O) groups excluding carboxylic acids is 1. The van der Waals surface area contributed by atoms with E-state index in [-0.39, 0.29) is 0 Å². The standard InChI is InChI=1S/C19H28ClN3O/c1-16-5-9-23(10-6-16)19(24)7-8-21-11-13-22(14-12-21)18-4-2-3-17(20)15-18/h2-4,15-16H,5-14H2,1H3. The van der Waals surface area contributed by atoms with E-state index in [0.717, 1.165) is 69.6 Å². The van der Waals surface area contributed by atoms with Gasteiger partial charge in [-0.3, -0.25) is 9.69 Å². The molecule has 2 aliphatic rings. The van der Waals surface area contributed by atoms with Crippen LogP contribution in [0.25, 0.3) is 0 Å². The molecule has 2 aliphatic heterocycles. The van der Waals surface area contributed by atoms with Crippen LogP contribution in [0, 0.1) is 5.92 Å². The molecule has 0 spiro atoms. The molecule has 3 rings (SSSR count). The molecule has 4 nitrogen and oxygen atoms in total. The van der Waals surface area contributed by atoms with E-state index < -0.39 is 0 Å². The fourth-order valence-corrected chi connectivity index (χ4v) is 3.76. The van der Waals surface area contributed by atoms with Crippen LogP contribution < -0.4 is 4.90 Å². The highest BCUT2D eigenvalue weighted by atomic mass is 35.5. The first-order chi connectivity index (χ1) is 11.6. The lowest BCUT2D eigenvalue weighted by Gasteiger charge is -2.36. The van der Waals surface area contributed by atoms with Crippen molar-refractivity contribution in [2.75, 3.05) is 50.7 Å². The number of piperazine rings is 1. The van der Waals surface area contributed by atoms with Gasteiger partial charge in [0, 0.05) is 62.9 Å². The number of anilines is 1. The second-order valence-electron chi connectivity index (χ2n) is 7.12. The maximum absolute atomic E-state index is 12.3. The second kappa shape index (κ2) is 8.21. The predicted molar refractivity (Wildman–Crippen MR) is 99.7 cm³/mol. The third-order valence-electron chi connectivity index (χ3n) is 5.32. The number of amides is 1. The first-order valence-corrected chi connectivity index (χ1v) is 9.50. The van der Waals surface area contributed by atoms with Crippen LogP contribution in [-0.4, -0.2) is 61.5 Å². The van der Waals surface area contributed by atoms with Gasteiger partial charge in [0.1, 0.15) is 0 Å². The van der Waals surface area contributed by atoms with E-state index in [2.05, 4.69) is 27.7 Å². The molecule has 2 fully saturated rings. The van der Waals surface area contributed by atoms with Gasteiger partial charge in [-0.25, -0.2) is 0 Å². The molecule has 1 amide bonds. The quantitative estimate of drug-likeness (QED) is 0.835. The number of hydrogen-bond donors (Lipinski definition) is 0. The first kappa shape index (κ1) is 17.6. The van der Waals surface area contributed by atoms with Gasteiger partial charge in [0.05, 0.1) is 0 Å². The SMILES string of the molecule is CC1CCN(C(=O)CCN2CCN(c3cccc(Cl)c3)CC2)CC1. The average Bonchev–Trinajstić information content (AvgIpc) is 2.61. The van der Waals surface area contributed by atoms with E-state index in [4.69, 9.17) is 11.6 Å². The molecule has 0 aliphatic carbocycles. The Morgan fingerprint density at radius 2 is 1.83 bits per heavy atom. The minimum atomic E-state index is 0.333. The van der Waals surface area contributed by atoms with Crippen LogP contribution >= 0.6 is 11.6 Å². The molecule has 0 atom stereocenters.